The minimum atomic E-state index is -0.960. The molecule has 0 aromatic heterocycles. The van der Waals surface area contributed by atoms with Crippen molar-refractivity contribution in [2.45, 2.75) is 110 Å². The quantitative estimate of drug-likeness (QED) is 0.113. The van der Waals surface area contributed by atoms with Crippen LogP contribution in [0.3, 0.4) is 0 Å². The van der Waals surface area contributed by atoms with E-state index in [0.717, 1.165) is 11.1 Å². The van der Waals surface area contributed by atoms with Gasteiger partial charge in [0.1, 0.15) is 42.4 Å². The van der Waals surface area contributed by atoms with Crippen LogP contribution in [0.5, 0.6) is 5.75 Å². The first kappa shape index (κ1) is 33.4. The summed E-state index contributed by atoms with van der Waals surface area (Å²) < 4.78 is 48.8. The summed E-state index contributed by atoms with van der Waals surface area (Å²) in [6, 6.07) is 7.32. The van der Waals surface area contributed by atoms with Crippen LogP contribution in [0.4, 0.5) is 0 Å². The minimum absolute atomic E-state index is 0.0167. The zero-order chi connectivity index (χ0) is 32.9. The maximum atomic E-state index is 12.8. The molecular formula is C34H46O11. The molecule has 0 radical (unpaired) electrons. The minimum Gasteiger partial charge on any atom is -0.497 e. The lowest BCUT2D eigenvalue weighted by Gasteiger charge is -2.60. The lowest BCUT2D eigenvalue weighted by Crippen LogP contribution is -2.69. The standard InChI is InChI=1S/C34H46O11/c1-18(2)14-26(37)42-24-16-33(17-40-20(4)35)25(15-19(24)3)43-29-27(44-31(39-9)22-10-12-23(38-8)13-11-22)28(41-21(5)36)30-34(29,45-30)32(33,6)7/h10-13,15,18,24-25,27-31H,14,16-17H2,1-9H3/t24-,25+,27+,28+,29+,30?,31?,33+,34+/m0/s1. The van der Waals surface area contributed by atoms with Crippen LogP contribution in [-0.2, 0) is 47.5 Å². The molecule has 0 bridgehead atoms. The zero-order valence-corrected chi connectivity index (χ0v) is 27.6. The molecule has 9 atom stereocenters. The van der Waals surface area contributed by atoms with Crippen molar-refractivity contribution in [1.82, 2.24) is 0 Å². The summed E-state index contributed by atoms with van der Waals surface area (Å²) >= 11 is 0. The molecule has 3 fully saturated rings. The Kier molecular flexibility index (Phi) is 9.13. The summed E-state index contributed by atoms with van der Waals surface area (Å²) in [6.45, 7) is 12.7. The summed E-state index contributed by atoms with van der Waals surface area (Å²) in [5.74, 6) is -0.364. The van der Waals surface area contributed by atoms with Crippen molar-refractivity contribution in [2.24, 2.45) is 16.7 Å². The van der Waals surface area contributed by atoms with Crippen LogP contribution in [0.1, 0.15) is 73.2 Å². The first-order chi connectivity index (χ1) is 21.2. The van der Waals surface area contributed by atoms with Crippen molar-refractivity contribution in [2.75, 3.05) is 20.8 Å². The van der Waals surface area contributed by atoms with Crippen molar-refractivity contribution in [3.63, 3.8) is 0 Å². The Bertz CT molecular complexity index is 1320. The van der Waals surface area contributed by atoms with Crippen molar-refractivity contribution in [1.29, 1.82) is 0 Å². The third kappa shape index (κ3) is 5.66. The van der Waals surface area contributed by atoms with Crippen LogP contribution in [0.2, 0.25) is 0 Å². The maximum Gasteiger partial charge on any atom is 0.306 e. The van der Waals surface area contributed by atoms with E-state index in [1.165, 1.54) is 13.8 Å². The highest BCUT2D eigenvalue weighted by atomic mass is 16.7. The molecule has 45 heavy (non-hydrogen) atoms. The number of hydrogen-bond donors (Lipinski definition) is 0. The van der Waals surface area contributed by atoms with E-state index in [1.54, 1.807) is 14.2 Å². The third-order valence-corrected chi connectivity index (χ3v) is 10.1. The number of methoxy groups -OCH3 is 2. The van der Waals surface area contributed by atoms with Gasteiger partial charge >= 0.3 is 17.9 Å². The molecule has 1 spiro atoms. The molecule has 1 saturated carbocycles. The van der Waals surface area contributed by atoms with E-state index in [1.807, 2.05) is 51.1 Å². The Hall–Kier alpha value is -2.99. The summed E-state index contributed by atoms with van der Waals surface area (Å²) in [5.41, 5.74) is -0.964. The number of ether oxygens (including phenoxy) is 8. The maximum absolute atomic E-state index is 12.8. The second-order valence-corrected chi connectivity index (χ2v) is 13.6. The molecule has 2 saturated heterocycles. The number of carbonyl (C=O) groups excluding carboxylic acids is 3. The highest BCUT2D eigenvalue weighted by Gasteiger charge is 2.87. The Morgan fingerprint density at radius 3 is 2.24 bits per heavy atom. The van der Waals surface area contributed by atoms with Gasteiger partial charge in [0, 0.05) is 50.2 Å². The highest BCUT2D eigenvalue weighted by molar-refractivity contribution is 5.70. The predicted octanol–water partition coefficient (Wildman–Crippen LogP) is 4.46. The zero-order valence-electron chi connectivity index (χ0n) is 27.6. The fourth-order valence-electron chi connectivity index (χ4n) is 7.65. The molecular weight excluding hydrogens is 584 g/mol. The van der Waals surface area contributed by atoms with E-state index in [9.17, 15) is 14.4 Å². The smallest absolute Gasteiger partial charge is 0.306 e. The van der Waals surface area contributed by atoms with Crippen molar-refractivity contribution in [3.05, 3.63) is 41.5 Å². The monoisotopic (exact) mass is 630 g/mol. The molecule has 1 aromatic carbocycles. The van der Waals surface area contributed by atoms with Crippen molar-refractivity contribution < 1.29 is 52.3 Å². The van der Waals surface area contributed by atoms with Crippen LogP contribution < -0.4 is 4.74 Å². The molecule has 2 aliphatic carbocycles. The molecule has 4 aliphatic rings. The largest absolute Gasteiger partial charge is 0.497 e. The number of carbonyl (C=O) groups is 3. The van der Waals surface area contributed by atoms with Gasteiger partial charge in [0.15, 0.2) is 12.4 Å². The molecule has 0 N–H and O–H groups in total. The fourth-order valence-corrected chi connectivity index (χ4v) is 7.65. The van der Waals surface area contributed by atoms with E-state index in [2.05, 4.69) is 13.8 Å². The van der Waals surface area contributed by atoms with Gasteiger partial charge in [-0.3, -0.25) is 14.4 Å². The SMILES string of the molecule is COc1ccc(C(OC)O[C@H]2[C@H]3O[C@@H]4C=C(C)[C@@H](OC(=O)CC(C)C)C[C@]4(COC(C)=O)C(C)(C)[C@@]34OC4[C@@H]2OC(C)=O)cc1. The third-order valence-electron chi connectivity index (χ3n) is 10.1. The molecule has 2 heterocycles. The van der Waals surface area contributed by atoms with Crippen LogP contribution in [-0.4, -0.2) is 81.0 Å². The number of fused-ring (bicyclic) bond motifs is 1. The number of esters is 3. The van der Waals surface area contributed by atoms with Gasteiger partial charge < -0.3 is 37.9 Å². The van der Waals surface area contributed by atoms with Crippen LogP contribution in [0.25, 0.3) is 0 Å². The molecule has 0 amide bonds. The van der Waals surface area contributed by atoms with Crippen LogP contribution in [0.15, 0.2) is 35.9 Å². The Labute approximate surface area is 264 Å². The Balaban J connectivity index is 1.54. The van der Waals surface area contributed by atoms with Crippen molar-refractivity contribution >= 4 is 17.9 Å². The van der Waals surface area contributed by atoms with Gasteiger partial charge in [-0.2, -0.15) is 0 Å². The second kappa shape index (κ2) is 12.3. The van der Waals surface area contributed by atoms with E-state index in [4.69, 9.17) is 37.9 Å². The molecule has 1 aromatic rings. The van der Waals surface area contributed by atoms with E-state index < -0.39 is 71.3 Å². The molecule has 11 heteroatoms. The molecule has 248 valence electrons. The average Bonchev–Trinajstić information content (AvgIpc) is 3.67. The Morgan fingerprint density at radius 1 is 0.978 bits per heavy atom. The summed E-state index contributed by atoms with van der Waals surface area (Å²) in [6.07, 6.45) is -2.07. The van der Waals surface area contributed by atoms with E-state index in [-0.39, 0.29) is 18.5 Å². The van der Waals surface area contributed by atoms with Crippen LogP contribution in [0, 0.1) is 16.7 Å². The molecule has 5 rings (SSSR count). The predicted molar refractivity (Wildman–Crippen MR) is 160 cm³/mol. The van der Waals surface area contributed by atoms with Crippen LogP contribution >= 0.6 is 0 Å². The number of epoxide rings is 1. The van der Waals surface area contributed by atoms with Gasteiger partial charge in [-0.1, -0.05) is 45.9 Å². The lowest BCUT2D eigenvalue weighted by atomic mass is 9.50. The van der Waals surface area contributed by atoms with Gasteiger partial charge in [0.2, 0.25) is 0 Å². The van der Waals surface area contributed by atoms with Gasteiger partial charge in [-0.15, -0.1) is 0 Å². The fraction of sp³-hybridized carbons (Fsp3) is 0.676. The lowest BCUT2D eigenvalue weighted by molar-refractivity contribution is -0.288. The normalized spacial score (nSPS) is 34.8. The molecule has 11 nitrogen and oxygen atoms in total. The van der Waals surface area contributed by atoms with E-state index in [0.29, 0.717) is 18.6 Å². The highest BCUT2D eigenvalue weighted by Crippen LogP contribution is 2.72. The summed E-state index contributed by atoms with van der Waals surface area (Å²) in [4.78, 5) is 37.4. The summed E-state index contributed by atoms with van der Waals surface area (Å²) in [7, 11) is 3.14. The number of hydrogen-bond acceptors (Lipinski definition) is 11. The van der Waals surface area contributed by atoms with E-state index >= 15 is 0 Å². The average molecular weight is 631 g/mol. The first-order valence-corrected chi connectivity index (χ1v) is 15.5. The second-order valence-electron chi connectivity index (χ2n) is 13.6. The number of rotatable bonds is 11. The topological polar surface area (TPSA) is 128 Å². The summed E-state index contributed by atoms with van der Waals surface area (Å²) in [5, 5.41) is 0. The van der Waals surface area contributed by atoms with Gasteiger partial charge in [0.05, 0.1) is 13.2 Å². The molecule has 2 aliphatic heterocycles. The molecule has 2 unspecified atom stereocenters. The Morgan fingerprint density at radius 2 is 1.67 bits per heavy atom. The van der Waals surface area contributed by atoms with Gasteiger partial charge in [-0.05, 0) is 30.5 Å². The first-order valence-electron chi connectivity index (χ1n) is 15.5. The van der Waals surface area contributed by atoms with Gasteiger partial charge in [0.25, 0.3) is 0 Å². The number of benzene rings is 1. The van der Waals surface area contributed by atoms with Gasteiger partial charge in [-0.25, -0.2) is 0 Å². The van der Waals surface area contributed by atoms with Crippen molar-refractivity contribution in [3.8, 4) is 5.75 Å².